The van der Waals surface area contributed by atoms with Gasteiger partial charge in [0, 0.05) is 30.0 Å². The number of thioether (sulfide) groups is 1. The number of carbonyl (C=O) groups excluding carboxylic acids is 1. The van der Waals surface area contributed by atoms with E-state index >= 15 is 0 Å². The first kappa shape index (κ1) is 18.4. The maximum atomic E-state index is 12.0. The lowest BCUT2D eigenvalue weighted by atomic mass is 10.1. The van der Waals surface area contributed by atoms with E-state index < -0.39 is 0 Å². The fourth-order valence-corrected chi connectivity index (χ4v) is 2.97. The van der Waals surface area contributed by atoms with Crippen LogP contribution < -0.4 is 5.32 Å². The van der Waals surface area contributed by atoms with Crippen LogP contribution in [-0.4, -0.2) is 36.9 Å². The van der Waals surface area contributed by atoms with Crippen LogP contribution in [0.5, 0.6) is 0 Å². The van der Waals surface area contributed by atoms with Crippen LogP contribution in [0.1, 0.15) is 40.5 Å². The molecule has 1 N–H and O–H groups in total. The molecule has 0 saturated carbocycles. The Hall–Kier alpha value is -1.89. The molecule has 24 heavy (non-hydrogen) atoms. The number of amides is 1. The highest BCUT2D eigenvalue weighted by molar-refractivity contribution is 7.99. The van der Waals surface area contributed by atoms with Crippen molar-refractivity contribution < 1.29 is 4.79 Å². The summed E-state index contributed by atoms with van der Waals surface area (Å²) in [7, 11) is 0. The summed E-state index contributed by atoms with van der Waals surface area (Å²) < 4.78 is 2.08. The lowest BCUT2D eigenvalue weighted by Crippen LogP contribution is -2.41. The van der Waals surface area contributed by atoms with Gasteiger partial charge < -0.3 is 9.88 Å². The SMILES string of the molecule is CCCCn1c(SCC(=O)NC(C)(C)C)nnc1-c1cccnc1. The molecule has 0 saturated heterocycles. The first-order valence-electron chi connectivity index (χ1n) is 8.18. The van der Waals surface area contributed by atoms with Crippen molar-refractivity contribution in [2.75, 3.05) is 5.75 Å². The Balaban J connectivity index is 2.15. The molecule has 6 nitrogen and oxygen atoms in total. The maximum Gasteiger partial charge on any atom is 0.230 e. The second kappa shape index (κ2) is 8.28. The van der Waals surface area contributed by atoms with E-state index in [0.717, 1.165) is 35.9 Å². The lowest BCUT2D eigenvalue weighted by Gasteiger charge is -2.20. The number of pyridine rings is 1. The Morgan fingerprint density at radius 3 is 2.75 bits per heavy atom. The molecule has 0 aliphatic heterocycles. The van der Waals surface area contributed by atoms with Crippen molar-refractivity contribution in [3.63, 3.8) is 0 Å². The van der Waals surface area contributed by atoms with Gasteiger partial charge in [0.2, 0.25) is 5.91 Å². The molecule has 0 atom stereocenters. The molecular formula is C17H25N5OS. The Kier molecular flexibility index (Phi) is 6.36. The molecule has 0 radical (unpaired) electrons. The minimum atomic E-state index is -0.228. The summed E-state index contributed by atoms with van der Waals surface area (Å²) in [6.45, 7) is 8.90. The largest absolute Gasteiger partial charge is 0.351 e. The number of carbonyl (C=O) groups is 1. The van der Waals surface area contributed by atoms with Crippen LogP contribution in [0.3, 0.4) is 0 Å². The molecule has 2 rings (SSSR count). The van der Waals surface area contributed by atoms with Crippen molar-refractivity contribution in [1.82, 2.24) is 25.1 Å². The highest BCUT2D eigenvalue weighted by Crippen LogP contribution is 2.24. The fourth-order valence-electron chi connectivity index (χ4n) is 2.21. The zero-order valence-corrected chi connectivity index (χ0v) is 15.6. The minimum absolute atomic E-state index is 0.000435. The van der Waals surface area contributed by atoms with Crippen LogP contribution in [0.4, 0.5) is 0 Å². The third-order valence-corrected chi connectivity index (χ3v) is 4.19. The van der Waals surface area contributed by atoms with Crippen molar-refractivity contribution >= 4 is 17.7 Å². The van der Waals surface area contributed by atoms with Crippen LogP contribution in [0.2, 0.25) is 0 Å². The summed E-state index contributed by atoms with van der Waals surface area (Å²) in [5.41, 5.74) is 0.709. The van der Waals surface area contributed by atoms with E-state index in [1.54, 1.807) is 12.4 Å². The summed E-state index contributed by atoms with van der Waals surface area (Å²) >= 11 is 1.42. The number of hydrogen-bond acceptors (Lipinski definition) is 5. The zero-order valence-electron chi connectivity index (χ0n) is 14.7. The second-order valence-electron chi connectivity index (χ2n) is 6.64. The molecule has 7 heteroatoms. The number of aromatic nitrogens is 4. The van der Waals surface area contributed by atoms with Crippen molar-refractivity contribution in [3.8, 4) is 11.4 Å². The fraction of sp³-hybridized carbons (Fsp3) is 0.529. The van der Waals surface area contributed by atoms with Crippen LogP contribution in [0.15, 0.2) is 29.7 Å². The quantitative estimate of drug-likeness (QED) is 0.779. The second-order valence-corrected chi connectivity index (χ2v) is 7.58. The normalized spacial score (nSPS) is 11.5. The highest BCUT2D eigenvalue weighted by Gasteiger charge is 2.17. The van der Waals surface area contributed by atoms with Gasteiger partial charge in [0.25, 0.3) is 0 Å². The monoisotopic (exact) mass is 347 g/mol. The summed E-state index contributed by atoms with van der Waals surface area (Å²) in [5.74, 6) is 1.13. The van der Waals surface area contributed by atoms with Crippen LogP contribution >= 0.6 is 11.8 Å². The van der Waals surface area contributed by atoms with Gasteiger partial charge in [-0.2, -0.15) is 0 Å². The third-order valence-electron chi connectivity index (χ3n) is 3.22. The molecule has 0 bridgehead atoms. The summed E-state index contributed by atoms with van der Waals surface area (Å²) in [6.07, 6.45) is 5.64. The van der Waals surface area contributed by atoms with Crippen molar-refractivity contribution in [2.45, 2.75) is 57.8 Å². The Labute approximate surface area is 147 Å². The summed E-state index contributed by atoms with van der Waals surface area (Å²) in [6, 6.07) is 3.86. The topological polar surface area (TPSA) is 72.7 Å². The van der Waals surface area contributed by atoms with E-state index in [0.29, 0.717) is 5.75 Å². The summed E-state index contributed by atoms with van der Waals surface area (Å²) in [5, 5.41) is 12.3. The number of rotatable bonds is 7. The predicted molar refractivity (Wildman–Crippen MR) is 96.8 cm³/mol. The van der Waals surface area contributed by atoms with Crippen molar-refractivity contribution in [3.05, 3.63) is 24.5 Å². The number of hydrogen-bond donors (Lipinski definition) is 1. The van der Waals surface area contributed by atoms with Crippen molar-refractivity contribution in [1.29, 1.82) is 0 Å². The van der Waals surface area contributed by atoms with Gasteiger partial charge in [-0.3, -0.25) is 9.78 Å². The standard InChI is InChI=1S/C17H25N5OS/c1-5-6-10-22-15(13-8-7-9-18-11-13)20-21-16(22)24-12-14(23)19-17(2,3)4/h7-9,11H,5-6,10,12H2,1-4H3,(H,19,23). The highest BCUT2D eigenvalue weighted by atomic mass is 32.2. The van der Waals surface area contributed by atoms with E-state index in [1.165, 1.54) is 11.8 Å². The predicted octanol–water partition coefficient (Wildman–Crippen LogP) is 3.15. The molecule has 2 aromatic heterocycles. The van der Waals surface area contributed by atoms with Gasteiger partial charge in [0.05, 0.1) is 5.75 Å². The van der Waals surface area contributed by atoms with E-state index in [4.69, 9.17) is 0 Å². The third kappa shape index (κ3) is 5.33. The number of nitrogens with one attached hydrogen (secondary N) is 1. The van der Waals surface area contributed by atoms with Gasteiger partial charge in [0.1, 0.15) is 0 Å². The van der Waals surface area contributed by atoms with Crippen molar-refractivity contribution in [2.24, 2.45) is 0 Å². The van der Waals surface area contributed by atoms with Gasteiger partial charge in [-0.1, -0.05) is 25.1 Å². The maximum absolute atomic E-state index is 12.0. The average molecular weight is 347 g/mol. The first-order valence-corrected chi connectivity index (χ1v) is 9.16. The van der Waals surface area contributed by atoms with E-state index in [9.17, 15) is 4.79 Å². The number of unbranched alkanes of at least 4 members (excludes halogenated alkanes) is 1. The number of nitrogens with zero attached hydrogens (tertiary/aromatic N) is 4. The van der Waals surface area contributed by atoms with Gasteiger partial charge in [-0.15, -0.1) is 10.2 Å². The van der Waals surface area contributed by atoms with Gasteiger partial charge >= 0.3 is 0 Å². The lowest BCUT2D eigenvalue weighted by molar-refractivity contribution is -0.119. The molecule has 2 heterocycles. The Morgan fingerprint density at radius 2 is 2.12 bits per heavy atom. The summed E-state index contributed by atoms with van der Waals surface area (Å²) in [4.78, 5) is 16.2. The minimum Gasteiger partial charge on any atom is -0.351 e. The van der Waals surface area contributed by atoms with E-state index in [2.05, 4.69) is 32.0 Å². The molecule has 130 valence electrons. The molecule has 2 aromatic rings. The Morgan fingerprint density at radius 1 is 1.33 bits per heavy atom. The van der Waals surface area contributed by atoms with E-state index in [1.807, 2.05) is 32.9 Å². The van der Waals surface area contributed by atoms with Crippen LogP contribution in [0.25, 0.3) is 11.4 Å². The van der Waals surface area contributed by atoms with Crippen LogP contribution in [0, 0.1) is 0 Å². The molecule has 0 unspecified atom stereocenters. The Bertz CT molecular complexity index is 663. The molecule has 0 spiro atoms. The van der Waals surface area contributed by atoms with E-state index in [-0.39, 0.29) is 11.4 Å². The molecule has 0 aromatic carbocycles. The molecule has 1 amide bonds. The molecular weight excluding hydrogens is 322 g/mol. The first-order chi connectivity index (χ1) is 11.4. The van der Waals surface area contributed by atoms with Gasteiger partial charge in [-0.05, 0) is 39.3 Å². The van der Waals surface area contributed by atoms with Gasteiger partial charge in [0.15, 0.2) is 11.0 Å². The molecule has 0 fully saturated rings. The average Bonchev–Trinajstić information content (AvgIpc) is 2.93. The molecule has 0 aliphatic carbocycles. The zero-order chi connectivity index (χ0) is 17.6. The van der Waals surface area contributed by atoms with Crippen LogP contribution in [-0.2, 0) is 11.3 Å². The molecule has 0 aliphatic rings. The smallest absolute Gasteiger partial charge is 0.230 e. The van der Waals surface area contributed by atoms with Gasteiger partial charge in [-0.25, -0.2) is 0 Å².